The number of thiol groups is 1. The zero-order chi connectivity index (χ0) is 24.8. The van der Waals surface area contributed by atoms with Crippen LogP contribution in [0.3, 0.4) is 0 Å². The number of nitrogens with two attached hydrogens (primary N) is 2. The highest BCUT2D eigenvalue weighted by molar-refractivity contribution is 7.80. The number of hydrogen-bond acceptors (Lipinski definition) is 8. The van der Waals surface area contributed by atoms with Crippen LogP contribution in [0.4, 0.5) is 0 Å². The van der Waals surface area contributed by atoms with Crippen LogP contribution in [-0.2, 0) is 25.6 Å². The molecule has 0 fully saturated rings. The first-order chi connectivity index (χ1) is 15.7. The molecule has 11 nitrogen and oxygen atoms in total. The summed E-state index contributed by atoms with van der Waals surface area (Å²) >= 11 is 4.00. The van der Waals surface area contributed by atoms with Crippen LogP contribution in [-0.4, -0.2) is 77.0 Å². The van der Waals surface area contributed by atoms with E-state index in [1.54, 1.807) is 24.3 Å². The molecular formula is C21H33N5O6S. The average Bonchev–Trinajstić information content (AvgIpc) is 2.81. The molecule has 1 rings (SSSR count). The second-order valence-electron chi connectivity index (χ2n) is 7.47. The van der Waals surface area contributed by atoms with Gasteiger partial charge in [0.25, 0.3) is 0 Å². The van der Waals surface area contributed by atoms with E-state index in [9.17, 15) is 24.3 Å². The van der Waals surface area contributed by atoms with Crippen molar-refractivity contribution in [2.75, 3.05) is 18.9 Å². The molecule has 0 saturated carbocycles. The standard InChI is InChI=1S/C21H33N5O6S/c22-9-5-4-8-15(19(29)26-17(11-27)21(31)32)24-20(30)16(25-18(28)14(23)12-33)10-13-6-2-1-3-7-13/h1-3,6-7,14-17,27,33H,4-5,8-12,22-23H2,(H,24,30)(H,25,28)(H,26,29)(H,31,32). The number of benzene rings is 1. The smallest absolute Gasteiger partial charge is 0.328 e. The molecule has 0 aromatic heterocycles. The first kappa shape index (κ1) is 28.4. The van der Waals surface area contributed by atoms with E-state index >= 15 is 0 Å². The molecule has 4 unspecified atom stereocenters. The molecule has 4 atom stereocenters. The first-order valence-electron chi connectivity index (χ1n) is 10.6. The monoisotopic (exact) mass is 483 g/mol. The Morgan fingerprint density at radius 1 is 0.909 bits per heavy atom. The fraction of sp³-hybridized carbons (Fsp3) is 0.524. The molecule has 0 bridgehead atoms. The predicted molar refractivity (Wildman–Crippen MR) is 125 cm³/mol. The van der Waals surface area contributed by atoms with Gasteiger partial charge in [-0.15, -0.1) is 0 Å². The number of hydrogen-bond donors (Lipinski definition) is 8. The van der Waals surface area contributed by atoms with Gasteiger partial charge in [0.15, 0.2) is 0 Å². The van der Waals surface area contributed by atoms with E-state index in [1.165, 1.54) is 0 Å². The molecule has 12 heteroatoms. The van der Waals surface area contributed by atoms with E-state index in [0.29, 0.717) is 19.4 Å². The van der Waals surface area contributed by atoms with Gasteiger partial charge >= 0.3 is 5.97 Å². The number of aliphatic hydroxyl groups is 1. The molecule has 1 aromatic carbocycles. The van der Waals surface area contributed by atoms with Crippen molar-refractivity contribution in [1.82, 2.24) is 16.0 Å². The lowest BCUT2D eigenvalue weighted by molar-refractivity contribution is -0.143. The number of aliphatic carboxylic acids is 1. The van der Waals surface area contributed by atoms with Crippen molar-refractivity contribution in [2.24, 2.45) is 11.5 Å². The summed E-state index contributed by atoms with van der Waals surface area (Å²) in [5, 5.41) is 25.6. The number of carboxylic acids is 1. The summed E-state index contributed by atoms with van der Waals surface area (Å²) in [5.74, 6) is -3.31. The number of rotatable bonds is 15. The van der Waals surface area contributed by atoms with Crippen molar-refractivity contribution in [1.29, 1.82) is 0 Å². The van der Waals surface area contributed by atoms with Crippen molar-refractivity contribution in [3.63, 3.8) is 0 Å². The molecule has 0 saturated heterocycles. The van der Waals surface area contributed by atoms with Crippen LogP contribution in [0.5, 0.6) is 0 Å². The van der Waals surface area contributed by atoms with Crippen LogP contribution >= 0.6 is 12.6 Å². The summed E-state index contributed by atoms with van der Waals surface area (Å²) in [7, 11) is 0. The highest BCUT2D eigenvalue weighted by atomic mass is 32.1. The Kier molecular flexibility index (Phi) is 13.1. The zero-order valence-electron chi connectivity index (χ0n) is 18.3. The van der Waals surface area contributed by atoms with Crippen LogP contribution in [0.1, 0.15) is 24.8 Å². The van der Waals surface area contributed by atoms with Gasteiger partial charge in [-0.1, -0.05) is 30.3 Å². The van der Waals surface area contributed by atoms with Crippen LogP contribution in [0.2, 0.25) is 0 Å². The van der Waals surface area contributed by atoms with Crippen LogP contribution in [0, 0.1) is 0 Å². The van der Waals surface area contributed by atoms with Gasteiger partial charge in [-0.25, -0.2) is 4.79 Å². The minimum absolute atomic E-state index is 0.0768. The number of carboxylic acid groups (broad SMARTS) is 1. The molecule has 3 amide bonds. The minimum Gasteiger partial charge on any atom is -0.480 e. The van der Waals surface area contributed by atoms with Crippen molar-refractivity contribution in [3.05, 3.63) is 35.9 Å². The summed E-state index contributed by atoms with van der Waals surface area (Å²) in [4.78, 5) is 49.2. The molecule has 0 heterocycles. The van der Waals surface area contributed by atoms with Crippen molar-refractivity contribution in [2.45, 2.75) is 49.9 Å². The Labute approximate surface area is 198 Å². The lowest BCUT2D eigenvalue weighted by Crippen LogP contribution is -2.58. The number of nitrogens with one attached hydrogen (secondary N) is 3. The third-order valence-electron chi connectivity index (χ3n) is 4.83. The van der Waals surface area contributed by atoms with Gasteiger partial charge in [-0.05, 0) is 31.4 Å². The average molecular weight is 484 g/mol. The molecule has 0 radical (unpaired) electrons. The van der Waals surface area contributed by atoms with Crippen LogP contribution < -0.4 is 27.4 Å². The van der Waals surface area contributed by atoms with Gasteiger partial charge in [0.05, 0.1) is 12.6 Å². The molecule has 33 heavy (non-hydrogen) atoms. The molecule has 184 valence electrons. The predicted octanol–water partition coefficient (Wildman–Crippen LogP) is -1.85. The van der Waals surface area contributed by atoms with Gasteiger partial charge in [-0.3, -0.25) is 14.4 Å². The maximum atomic E-state index is 13.1. The van der Waals surface area contributed by atoms with Crippen LogP contribution in [0.15, 0.2) is 30.3 Å². The van der Waals surface area contributed by atoms with Gasteiger partial charge in [0, 0.05) is 12.2 Å². The molecule has 0 spiro atoms. The normalized spacial score (nSPS) is 14.4. The van der Waals surface area contributed by atoms with E-state index in [-0.39, 0.29) is 18.6 Å². The minimum atomic E-state index is -1.51. The van der Waals surface area contributed by atoms with Crippen molar-refractivity contribution < 1.29 is 29.4 Å². The summed E-state index contributed by atoms with van der Waals surface area (Å²) < 4.78 is 0. The molecule has 0 aliphatic heterocycles. The third-order valence-corrected chi connectivity index (χ3v) is 5.22. The highest BCUT2D eigenvalue weighted by Crippen LogP contribution is 2.07. The molecule has 9 N–H and O–H groups in total. The van der Waals surface area contributed by atoms with Gasteiger partial charge in [-0.2, -0.15) is 12.6 Å². The lowest BCUT2D eigenvalue weighted by atomic mass is 10.0. The largest absolute Gasteiger partial charge is 0.480 e. The summed E-state index contributed by atoms with van der Waals surface area (Å²) in [6.07, 6.45) is 1.41. The third kappa shape index (κ3) is 10.2. The molecule has 1 aromatic rings. The number of aliphatic hydroxyl groups excluding tert-OH is 1. The van der Waals surface area contributed by atoms with E-state index in [4.69, 9.17) is 16.6 Å². The Morgan fingerprint density at radius 3 is 2.03 bits per heavy atom. The number of carbonyl (C=O) groups is 4. The van der Waals surface area contributed by atoms with E-state index in [2.05, 4.69) is 28.6 Å². The van der Waals surface area contributed by atoms with Crippen LogP contribution in [0.25, 0.3) is 0 Å². The van der Waals surface area contributed by atoms with Gasteiger partial charge < -0.3 is 37.6 Å². The van der Waals surface area contributed by atoms with Crippen molar-refractivity contribution >= 4 is 36.3 Å². The van der Waals surface area contributed by atoms with E-state index in [1.807, 2.05) is 6.07 Å². The SMILES string of the molecule is NCCCCC(NC(=O)C(Cc1ccccc1)NC(=O)C(N)CS)C(=O)NC(CO)C(=O)O. The zero-order valence-corrected chi connectivity index (χ0v) is 19.2. The molecule has 0 aliphatic rings. The first-order valence-corrected chi connectivity index (χ1v) is 11.2. The molecular weight excluding hydrogens is 450 g/mol. The number of unbranched alkanes of at least 4 members (excludes halogenated alkanes) is 1. The van der Waals surface area contributed by atoms with E-state index in [0.717, 1.165) is 5.56 Å². The van der Waals surface area contributed by atoms with Gasteiger partial charge in [0.1, 0.15) is 18.1 Å². The Morgan fingerprint density at radius 2 is 1.48 bits per heavy atom. The number of amides is 3. The topological polar surface area (TPSA) is 197 Å². The highest BCUT2D eigenvalue weighted by Gasteiger charge is 2.30. The van der Waals surface area contributed by atoms with E-state index < -0.39 is 54.5 Å². The quantitative estimate of drug-likeness (QED) is 0.105. The Bertz CT molecular complexity index is 782. The van der Waals surface area contributed by atoms with Crippen molar-refractivity contribution in [3.8, 4) is 0 Å². The second kappa shape index (κ2) is 15.2. The molecule has 0 aliphatic carbocycles. The summed E-state index contributed by atoms with van der Waals surface area (Å²) in [6, 6.07) is 4.39. The maximum Gasteiger partial charge on any atom is 0.328 e. The lowest BCUT2D eigenvalue weighted by Gasteiger charge is -2.25. The Hall–Kier alpha value is -2.67. The number of carbonyl (C=O) groups excluding carboxylic acids is 3. The fourth-order valence-electron chi connectivity index (χ4n) is 2.91. The summed E-state index contributed by atoms with van der Waals surface area (Å²) in [5.41, 5.74) is 12.0. The maximum absolute atomic E-state index is 13.1. The second-order valence-corrected chi connectivity index (χ2v) is 7.83. The Balaban J connectivity index is 3.03. The summed E-state index contributed by atoms with van der Waals surface area (Å²) in [6.45, 7) is -0.427. The van der Waals surface area contributed by atoms with Gasteiger partial charge in [0.2, 0.25) is 17.7 Å². The fourth-order valence-corrected chi connectivity index (χ4v) is 3.08.